The number of nitrogens with one attached hydrogen (secondary N) is 1. The van der Waals surface area contributed by atoms with Crippen LogP contribution < -0.4 is 11.1 Å². The van der Waals surface area contributed by atoms with Crippen LogP contribution in [0.3, 0.4) is 0 Å². The minimum absolute atomic E-state index is 0.282. The number of aromatic nitrogens is 2. The van der Waals surface area contributed by atoms with Gasteiger partial charge in [0.1, 0.15) is 10.8 Å². The smallest absolute Gasteiger partial charge is 0.382 e. The van der Waals surface area contributed by atoms with Crippen LogP contribution in [0.25, 0.3) is 11.1 Å². The SMILES string of the molecule is CC(CC(F)(F)F)Nc1snc(N)c1-c1cccnc1. The number of hydrogen-bond donors (Lipinski definition) is 2. The Balaban J connectivity index is 2.22. The average Bonchev–Trinajstić information content (AvgIpc) is 2.69. The fraction of sp³-hybridized carbons (Fsp3) is 0.333. The van der Waals surface area contributed by atoms with E-state index >= 15 is 0 Å². The molecule has 0 radical (unpaired) electrons. The summed E-state index contributed by atoms with van der Waals surface area (Å²) < 4.78 is 41.0. The quantitative estimate of drug-likeness (QED) is 0.906. The molecule has 0 aromatic carbocycles. The molecule has 8 heteroatoms. The van der Waals surface area contributed by atoms with E-state index < -0.39 is 18.6 Å². The van der Waals surface area contributed by atoms with Gasteiger partial charge in [-0.05, 0) is 24.5 Å². The number of hydrogen-bond acceptors (Lipinski definition) is 5. The molecule has 108 valence electrons. The highest BCUT2D eigenvalue weighted by atomic mass is 32.1. The summed E-state index contributed by atoms with van der Waals surface area (Å²) in [6, 6.07) is 2.76. The number of nitrogen functional groups attached to an aromatic ring is 1. The molecule has 1 unspecified atom stereocenters. The molecule has 2 aromatic heterocycles. The molecular weight excluding hydrogens is 289 g/mol. The number of nitrogens with zero attached hydrogens (tertiary/aromatic N) is 2. The second-order valence-corrected chi connectivity index (χ2v) is 5.15. The first kappa shape index (κ1) is 14.6. The van der Waals surface area contributed by atoms with Gasteiger partial charge in [-0.25, -0.2) is 0 Å². The first-order valence-corrected chi connectivity index (χ1v) is 6.63. The molecule has 0 saturated carbocycles. The van der Waals surface area contributed by atoms with Crippen LogP contribution in [-0.4, -0.2) is 21.6 Å². The lowest BCUT2D eigenvalue weighted by Crippen LogP contribution is -2.23. The zero-order valence-electron chi connectivity index (χ0n) is 10.6. The highest BCUT2D eigenvalue weighted by Crippen LogP contribution is 2.37. The normalized spacial score (nSPS) is 13.2. The van der Waals surface area contributed by atoms with Crippen LogP contribution in [0, 0.1) is 0 Å². The summed E-state index contributed by atoms with van der Waals surface area (Å²) in [4.78, 5) is 3.97. The summed E-state index contributed by atoms with van der Waals surface area (Å²) in [5, 5.41) is 3.34. The third kappa shape index (κ3) is 3.60. The van der Waals surface area contributed by atoms with E-state index in [-0.39, 0.29) is 5.82 Å². The van der Waals surface area contributed by atoms with Crippen LogP contribution in [0.4, 0.5) is 24.0 Å². The van der Waals surface area contributed by atoms with Crippen molar-refractivity contribution in [3.05, 3.63) is 24.5 Å². The zero-order valence-corrected chi connectivity index (χ0v) is 11.4. The van der Waals surface area contributed by atoms with Crippen molar-refractivity contribution in [1.82, 2.24) is 9.36 Å². The minimum Gasteiger partial charge on any atom is -0.382 e. The van der Waals surface area contributed by atoms with Gasteiger partial charge in [-0.1, -0.05) is 6.07 Å². The van der Waals surface area contributed by atoms with Gasteiger partial charge in [0.05, 0.1) is 12.0 Å². The number of alkyl halides is 3. The Morgan fingerprint density at radius 2 is 2.20 bits per heavy atom. The van der Waals surface area contributed by atoms with E-state index in [1.807, 2.05) is 0 Å². The first-order valence-electron chi connectivity index (χ1n) is 5.85. The predicted molar refractivity (Wildman–Crippen MR) is 73.5 cm³/mol. The van der Waals surface area contributed by atoms with Gasteiger partial charge in [0.25, 0.3) is 0 Å². The zero-order chi connectivity index (χ0) is 14.8. The number of pyridine rings is 1. The van der Waals surface area contributed by atoms with Crippen LogP contribution in [0.1, 0.15) is 13.3 Å². The molecule has 2 heterocycles. The van der Waals surface area contributed by atoms with Crippen molar-refractivity contribution in [3.63, 3.8) is 0 Å². The molecule has 2 aromatic rings. The molecule has 0 aliphatic rings. The van der Waals surface area contributed by atoms with Crippen LogP contribution in [-0.2, 0) is 0 Å². The summed E-state index contributed by atoms with van der Waals surface area (Å²) in [5.41, 5.74) is 7.10. The summed E-state index contributed by atoms with van der Waals surface area (Å²) in [6.07, 6.45) is -1.92. The summed E-state index contributed by atoms with van der Waals surface area (Å²) in [5.74, 6) is 0.282. The standard InChI is InChI=1S/C12H13F3N4S/c1-7(5-12(13,14)15)18-11-9(10(16)19-20-11)8-3-2-4-17-6-8/h2-4,6-7,18H,5H2,1H3,(H2,16,19). The Kier molecular flexibility index (Phi) is 4.12. The Bertz CT molecular complexity index is 568. The molecule has 20 heavy (non-hydrogen) atoms. The monoisotopic (exact) mass is 302 g/mol. The Morgan fingerprint density at radius 1 is 1.45 bits per heavy atom. The van der Waals surface area contributed by atoms with Gasteiger partial charge in [-0.2, -0.15) is 17.5 Å². The third-order valence-corrected chi connectivity index (χ3v) is 3.38. The van der Waals surface area contributed by atoms with Crippen LogP contribution in [0.2, 0.25) is 0 Å². The van der Waals surface area contributed by atoms with Gasteiger partial charge < -0.3 is 11.1 Å². The molecule has 1 atom stereocenters. The molecule has 4 nitrogen and oxygen atoms in total. The van der Waals surface area contributed by atoms with E-state index in [1.165, 1.54) is 6.92 Å². The molecule has 3 N–H and O–H groups in total. The van der Waals surface area contributed by atoms with Crippen LogP contribution in [0.5, 0.6) is 0 Å². The van der Waals surface area contributed by atoms with Crippen LogP contribution >= 0.6 is 11.5 Å². The second kappa shape index (κ2) is 5.66. The van der Waals surface area contributed by atoms with Crippen molar-refractivity contribution in [2.75, 3.05) is 11.1 Å². The van der Waals surface area contributed by atoms with Crippen molar-refractivity contribution < 1.29 is 13.2 Å². The molecule has 2 rings (SSSR count). The molecule has 0 aliphatic carbocycles. The van der Waals surface area contributed by atoms with Crippen molar-refractivity contribution >= 4 is 22.4 Å². The molecule has 0 bridgehead atoms. The van der Waals surface area contributed by atoms with E-state index in [0.717, 1.165) is 17.1 Å². The Morgan fingerprint density at radius 3 is 2.80 bits per heavy atom. The van der Waals surface area contributed by atoms with Gasteiger partial charge in [-0.3, -0.25) is 4.98 Å². The molecule has 0 aliphatic heterocycles. The number of halogens is 3. The van der Waals surface area contributed by atoms with E-state index in [1.54, 1.807) is 24.5 Å². The van der Waals surface area contributed by atoms with Crippen molar-refractivity contribution in [2.24, 2.45) is 0 Å². The van der Waals surface area contributed by atoms with Crippen LogP contribution in [0.15, 0.2) is 24.5 Å². The van der Waals surface area contributed by atoms with Crippen molar-refractivity contribution in [3.8, 4) is 11.1 Å². The highest BCUT2D eigenvalue weighted by molar-refractivity contribution is 7.11. The molecule has 0 spiro atoms. The lowest BCUT2D eigenvalue weighted by atomic mass is 10.1. The second-order valence-electron chi connectivity index (χ2n) is 4.38. The molecule has 0 amide bonds. The topological polar surface area (TPSA) is 63.8 Å². The van der Waals surface area contributed by atoms with E-state index in [9.17, 15) is 13.2 Å². The fourth-order valence-corrected chi connectivity index (χ4v) is 2.66. The Hall–Kier alpha value is -1.83. The predicted octanol–water partition coefficient (Wildman–Crippen LogP) is 3.54. The lowest BCUT2D eigenvalue weighted by Gasteiger charge is -2.16. The summed E-state index contributed by atoms with van der Waals surface area (Å²) in [7, 11) is 0. The number of rotatable bonds is 4. The maximum atomic E-state index is 12.4. The number of nitrogens with two attached hydrogens (primary N) is 1. The van der Waals surface area contributed by atoms with Gasteiger partial charge in [0.2, 0.25) is 0 Å². The van der Waals surface area contributed by atoms with Gasteiger partial charge >= 0.3 is 6.18 Å². The summed E-state index contributed by atoms with van der Waals surface area (Å²) >= 11 is 1.04. The third-order valence-electron chi connectivity index (χ3n) is 2.58. The lowest BCUT2D eigenvalue weighted by molar-refractivity contribution is -0.136. The van der Waals surface area contributed by atoms with E-state index in [2.05, 4.69) is 14.7 Å². The average molecular weight is 302 g/mol. The first-order chi connectivity index (χ1) is 9.37. The van der Waals surface area contributed by atoms with Gasteiger partial charge in [0.15, 0.2) is 0 Å². The summed E-state index contributed by atoms with van der Waals surface area (Å²) in [6.45, 7) is 1.47. The van der Waals surface area contributed by atoms with Crippen molar-refractivity contribution in [1.29, 1.82) is 0 Å². The maximum absolute atomic E-state index is 12.4. The largest absolute Gasteiger partial charge is 0.391 e. The van der Waals surface area contributed by atoms with Crippen molar-refractivity contribution in [2.45, 2.75) is 25.6 Å². The van der Waals surface area contributed by atoms with E-state index in [4.69, 9.17) is 5.73 Å². The fourth-order valence-electron chi connectivity index (χ4n) is 1.81. The molecule has 0 fully saturated rings. The number of anilines is 2. The highest BCUT2D eigenvalue weighted by Gasteiger charge is 2.30. The van der Waals surface area contributed by atoms with Gasteiger partial charge in [0, 0.05) is 24.0 Å². The Labute approximate surface area is 118 Å². The molecule has 0 saturated heterocycles. The van der Waals surface area contributed by atoms with Gasteiger partial charge in [-0.15, -0.1) is 0 Å². The molecular formula is C12H13F3N4S. The van der Waals surface area contributed by atoms with E-state index in [0.29, 0.717) is 10.6 Å². The maximum Gasteiger partial charge on any atom is 0.391 e. The minimum atomic E-state index is -4.21.